The number of carbonyl (C=O) groups excluding carboxylic acids is 1. The summed E-state index contributed by atoms with van der Waals surface area (Å²) in [6, 6.07) is 6.53. The second kappa shape index (κ2) is 9.94. The Morgan fingerprint density at radius 1 is 1.31 bits per heavy atom. The third kappa shape index (κ3) is 4.49. The number of carbonyl (C=O) groups is 1. The Hall–Kier alpha value is -2.38. The van der Waals surface area contributed by atoms with Gasteiger partial charge in [-0.1, -0.05) is 30.7 Å². The van der Waals surface area contributed by atoms with Gasteiger partial charge in [-0.15, -0.1) is 0 Å². The van der Waals surface area contributed by atoms with Gasteiger partial charge >= 0.3 is 5.97 Å². The van der Waals surface area contributed by atoms with Crippen molar-refractivity contribution in [2.24, 2.45) is 4.99 Å². The lowest BCUT2D eigenvalue weighted by atomic mass is 9.94. The first kappa shape index (κ1) is 24.3. The number of esters is 1. The molecular weight excluding hydrogens is 651 g/mol. The van der Waals surface area contributed by atoms with Gasteiger partial charge in [0, 0.05) is 28.7 Å². The van der Waals surface area contributed by atoms with Crippen LogP contribution in [0.1, 0.15) is 44.1 Å². The van der Waals surface area contributed by atoms with Crippen LogP contribution in [0, 0.1) is 3.77 Å². The zero-order valence-electron chi connectivity index (χ0n) is 18.8. The smallest absolute Gasteiger partial charge is 0.338 e. The highest BCUT2D eigenvalue weighted by molar-refractivity contribution is 14.1. The third-order valence-electron chi connectivity index (χ3n) is 5.54. The minimum atomic E-state index is -0.716. The fourth-order valence-electron chi connectivity index (χ4n) is 4.08. The highest BCUT2D eigenvalue weighted by Crippen LogP contribution is 2.38. The number of nitrogens with zero attached hydrogens (tertiary/aromatic N) is 2. The molecule has 0 aliphatic carbocycles. The fraction of sp³-hybridized carbons (Fsp3) is 0.292. The summed E-state index contributed by atoms with van der Waals surface area (Å²) >= 11 is 6.77. The third-order valence-corrected chi connectivity index (χ3v) is 8.66. The summed E-state index contributed by atoms with van der Waals surface area (Å²) < 4.78 is 25.7. The summed E-state index contributed by atoms with van der Waals surface area (Å²) in [4.78, 5) is 32.2. The molecule has 0 unspecified atom stereocenters. The zero-order valence-corrected chi connectivity index (χ0v) is 23.4. The maximum absolute atomic E-state index is 13.7. The maximum atomic E-state index is 13.7. The Morgan fingerprint density at radius 2 is 2.11 bits per heavy atom. The molecule has 3 aromatic rings. The van der Waals surface area contributed by atoms with Gasteiger partial charge < -0.3 is 18.6 Å². The van der Waals surface area contributed by atoms with Gasteiger partial charge in [0.15, 0.2) is 20.1 Å². The Balaban J connectivity index is 1.76. The van der Waals surface area contributed by atoms with Crippen LogP contribution in [-0.2, 0) is 9.53 Å². The molecule has 0 fully saturated rings. The highest BCUT2D eigenvalue weighted by atomic mass is 127. The minimum absolute atomic E-state index is 0.126. The number of hydrogen-bond acceptors (Lipinski definition) is 8. The van der Waals surface area contributed by atoms with E-state index in [4.69, 9.17) is 23.6 Å². The summed E-state index contributed by atoms with van der Waals surface area (Å²) in [7, 11) is 0. The van der Waals surface area contributed by atoms with Crippen molar-refractivity contribution < 1.29 is 23.4 Å². The summed E-state index contributed by atoms with van der Waals surface area (Å²) in [5, 5.41) is 0. The quantitative estimate of drug-likeness (QED) is 0.288. The predicted octanol–water partition coefficient (Wildman–Crippen LogP) is 4.27. The van der Waals surface area contributed by atoms with Gasteiger partial charge in [0.1, 0.15) is 5.76 Å². The predicted molar refractivity (Wildman–Crippen MR) is 141 cm³/mol. The number of furan rings is 1. The molecule has 5 rings (SSSR count). The van der Waals surface area contributed by atoms with Gasteiger partial charge in [-0.3, -0.25) is 9.36 Å². The van der Waals surface area contributed by atoms with Crippen LogP contribution in [-0.4, -0.2) is 23.9 Å². The van der Waals surface area contributed by atoms with E-state index >= 15 is 0 Å². The second-order valence-corrected chi connectivity index (χ2v) is 10.6. The zero-order chi connectivity index (χ0) is 24.7. The van der Waals surface area contributed by atoms with Crippen molar-refractivity contribution in [1.82, 2.24) is 4.57 Å². The average molecular weight is 671 g/mol. The van der Waals surface area contributed by atoms with Crippen molar-refractivity contribution in [3.8, 4) is 11.5 Å². The Bertz CT molecular complexity index is 1520. The number of benzene rings is 1. The lowest BCUT2D eigenvalue weighted by molar-refractivity contribution is -0.139. The van der Waals surface area contributed by atoms with Crippen molar-refractivity contribution in [2.75, 3.05) is 13.4 Å². The SMILES string of the molecule is CCCC1=C(C(=O)OCC)[C@@H](c2ccc3c(c2)OCO3)n2c(s/c(=C/c3cc(Br)c(I)o3)c2=O)=N1. The van der Waals surface area contributed by atoms with E-state index in [0.29, 0.717) is 53.6 Å². The largest absolute Gasteiger partial charge is 0.463 e. The monoisotopic (exact) mass is 670 g/mol. The number of halogens is 2. The molecule has 1 aromatic carbocycles. The van der Waals surface area contributed by atoms with E-state index in [1.807, 2.05) is 25.1 Å². The van der Waals surface area contributed by atoms with Gasteiger partial charge in [0.05, 0.1) is 32.9 Å². The van der Waals surface area contributed by atoms with Gasteiger partial charge in [-0.25, -0.2) is 9.79 Å². The van der Waals surface area contributed by atoms with E-state index in [0.717, 1.165) is 10.9 Å². The summed E-state index contributed by atoms with van der Waals surface area (Å²) in [6.45, 7) is 4.12. The topological polar surface area (TPSA) is 92.3 Å². The Morgan fingerprint density at radius 3 is 2.83 bits per heavy atom. The molecule has 11 heteroatoms. The molecule has 0 bridgehead atoms. The van der Waals surface area contributed by atoms with Crippen LogP contribution in [0.5, 0.6) is 11.5 Å². The molecule has 2 aromatic heterocycles. The molecular formula is C24H20BrIN2O6S. The molecule has 35 heavy (non-hydrogen) atoms. The van der Waals surface area contributed by atoms with Crippen LogP contribution in [0.3, 0.4) is 0 Å². The average Bonchev–Trinajstić information content (AvgIpc) is 3.51. The van der Waals surface area contributed by atoms with Crippen LogP contribution in [0.15, 0.2) is 54.2 Å². The van der Waals surface area contributed by atoms with Crippen LogP contribution in [0.4, 0.5) is 0 Å². The first-order chi connectivity index (χ1) is 16.9. The minimum Gasteiger partial charge on any atom is -0.463 e. The van der Waals surface area contributed by atoms with E-state index in [9.17, 15) is 9.59 Å². The standard InChI is InChI=1S/C24H20BrIN2O6S/c1-3-5-15-19(23(30)31-4-2)20(12-6-7-16-17(8-12)33-11-32-16)28-22(29)18(35-24(28)27-15)10-13-9-14(25)21(26)34-13/h6-10,20H,3-5,11H2,1-2H3/b18-10+/t20-/m1/s1. The van der Waals surface area contributed by atoms with Gasteiger partial charge in [-0.05, 0) is 53.0 Å². The Kier molecular flexibility index (Phi) is 6.91. The number of fused-ring (bicyclic) bond motifs is 2. The number of rotatable bonds is 6. The molecule has 8 nitrogen and oxygen atoms in total. The molecule has 2 aliphatic rings. The van der Waals surface area contributed by atoms with E-state index in [1.165, 1.54) is 11.3 Å². The molecule has 0 amide bonds. The van der Waals surface area contributed by atoms with Crippen molar-refractivity contribution in [3.05, 3.63) is 74.8 Å². The normalized spacial score (nSPS) is 16.9. The molecule has 4 heterocycles. The molecule has 0 saturated heterocycles. The highest BCUT2D eigenvalue weighted by Gasteiger charge is 2.35. The summed E-state index contributed by atoms with van der Waals surface area (Å²) in [6.07, 6.45) is 3.05. The molecule has 0 spiro atoms. The Labute approximate surface area is 226 Å². The van der Waals surface area contributed by atoms with Crippen molar-refractivity contribution in [2.45, 2.75) is 32.7 Å². The maximum Gasteiger partial charge on any atom is 0.338 e. The molecule has 0 radical (unpaired) electrons. The van der Waals surface area contributed by atoms with Gasteiger partial charge in [0.2, 0.25) is 6.79 Å². The fourth-order valence-corrected chi connectivity index (χ4v) is 5.80. The lowest BCUT2D eigenvalue weighted by Gasteiger charge is -2.25. The van der Waals surface area contributed by atoms with E-state index in [2.05, 4.69) is 38.5 Å². The van der Waals surface area contributed by atoms with E-state index in [1.54, 1.807) is 23.6 Å². The number of allylic oxidation sites excluding steroid dienone is 1. The van der Waals surface area contributed by atoms with E-state index in [-0.39, 0.29) is 19.0 Å². The van der Waals surface area contributed by atoms with Crippen LogP contribution >= 0.6 is 49.9 Å². The van der Waals surface area contributed by atoms with Crippen LogP contribution in [0.25, 0.3) is 6.08 Å². The summed E-state index contributed by atoms with van der Waals surface area (Å²) in [5.74, 6) is 1.25. The molecule has 2 aliphatic heterocycles. The molecule has 182 valence electrons. The van der Waals surface area contributed by atoms with Crippen molar-refractivity contribution in [3.63, 3.8) is 0 Å². The first-order valence-corrected chi connectivity index (χ1v) is 13.7. The first-order valence-electron chi connectivity index (χ1n) is 11.0. The number of ether oxygens (including phenoxy) is 3. The second-order valence-electron chi connectivity index (χ2n) is 7.80. The number of hydrogen-bond donors (Lipinski definition) is 0. The lowest BCUT2D eigenvalue weighted by Crippen LogP contribution is -2.40. The molecule has 0 N–H and O–H groups in total. The van der Waals surface area contributed by atoms with Gasteiger partial charge in [0.25, 0.3) is 5.56 Å². The molecule has 0 saturated carbocycles. The van der Waals surface area contributed by atoms with Crippen LogP contribution in [0.2, 0.25) is 0 Å². The molecule has 1 atom stereocenters. The van der Waals surface area contributed by atoms with E-state index < -0.39 is 12.0 Å². The number of thiazole rings is 1. The van der Waals surface area contributed by atoms with Gasteiger partial charge in [-0.2, -0.15) is 0 Å². The number of aromatic nitrogens is 1. The summed E-state index contributed by atoms with van der Waals surface area (Å²) in [5.41, 5.74) is 1.43. The van der Waals surface area contributed by atoms with Crippen LogP contribution < -0.4 is 24.4 Å². The van der Waals surface area contributed by atoms with Crippen molar-refractivity contribution in [1.29, 1.82) is 0 Å². The van der Waals surface area contributed by atoms with Crippen molar-refractivity contribution >= 4 is 61.9 Å².